The fourth-order valence-electron chi connectivity index (χ4n) is 2.62. The number of hydrazine groups is 1. The van der Waals surface area contributed by atoms with E-state index < -0.39 is 29.0 Å². The maximum atomic E-state index is 12.4. The Bertz CT molecular complexity index is 539. The molecular weight excluding hydrogens is 431 g/mol. The molecule has 0 aromatic rings. The molecule has 0 aromatic carbocycles. The van der Waals surface area contributed by atoms with E-state index in [1.165, 1.54) is 4.90 Å². The Balaban J connectivity index is -0.00000127. The number of amides is 1. The number of aliphatic hydroxyl groups excluding tert-OH is 1. The number of aliphatic imine (C=N–C) groups is 1. The second-order valence-corrected chi connectivity index (χ2v) is 6.22. The number of piperidine rings is 1. The van der Waals surface area contributed by atoms with Gasteiger partial charge < -0.3 is 26.6 Å². The Morgan fingerprint density at radius 2 is 1.97 bits per heavy atom. The van der Waals surface area contributed by atoms with Gasteiger partial charge in [0.1, 0.15) is 6.04 Å². The van der Waals surface area contributed by atoms with Gasteiger partial charge in [-0.3, -0.25) is 4.79 Å². The molecule has 1 unspecified atom stereocenters. The zero-order valence-electron chi connectivity index (χ0n) is 16.5. The summed E-state index contributed by atoms with van der Waals surface area (Å²) in [5.41, 5.74) is 12.8. The van der Waals surface area contributed by atoms with Crippen LogP contribution in [0.5, 0.6) is 0 Å². The number of carbonyl (C=O) groups is 2. The van der Waals surface area contributed by atoms with Crippen molar-refractivity contribution in [3.05, 3.63) is 10.1 Å². The number of carboxylic acids is 1. The summed E-state index contributed by atoms with van der Waals surface area (Å²) < 4.78 is 0. The monoisotopic (exact) mass is 462 g/mol. The van der Waals surface area contributed by atoms with Crippen LogP contribution in [0.4, 0.5) is 0 Å². The van der Waals surface area contributed by atoms with Crippen molar-refractivity contribution in [2.75, 3.05) is 19.7 Å². The van der Waals surface area contributed by atoms with Crippen molar-refractivity contribution < 1.29 is 24.8 Å². The minimum absolute atomic E-state index is 0. The molecule has 1 heterocycles. The maximum absolute atomic E-state index is 12.4. The minimum atomic E-state index is -1.02. The van der Waals surface area contributed by atoms with E-state index in [1.807, 2.05) is 6.92 Å². The van der Waals surface area contributed by atoms with E-state index in [0.29, 0.717) is 19.4 Å². The lowest BCUT2D eigenvalue weighted by Gasteiger charge is -2.37. The molecule has 14 heteroatoms. The Labute approximate surface area is 182 Å². The fourth-order valence-corrected chi connectivity index (χ4v) is 2.62. The number of carbonyl (C=O) groups excluding carboxylic acids is 1. The number of carboxylic acid groups (broad SMARTS) is 1. The van der Waals surface area contributed by atoms with Gasteiger partial charge in [-0.15, -0.1) is 24.8 Å². The van der Waals surface area contributed by atoms with Gasteiger partial charge in [0, 0.05) is 19.7 Å². The number of hydrogen-bond acceptors (Lipinski definition) is 7. The normalized spacial score (nSPS) is 19.4. The molecule has 0 bridgehead atoms. The van der Waals surface area contributed by atoms with Crippen molar-refractivity contribution in [1.29, 1.82) is 0 Å². The highest BCUT2D eigenvalue weighted by atomic mass is 35.5. The van der Waals surface area contributed by atoms with E-state index in [4.69, 9.17) is 16.6 Å². The van der Waals surface area contributed by atoms with Crippen LogP contribution in [0.1, 0.15) is 39.5 Å². The first-order chi connectivity index (χ1) is 12.6. The molecule has 1 aliphatic rings. The average molecular weight is 463 g/mol. The lowest BCUT2D eigenvalue weighted by Crippen LogP contribution is -2.54. The van der Waals surface area contributed by atoms with Gasteiger partial charge in [-0.05, 0) is 38.5 Å². The Morgan fingerprint density at radius 3 is 2.45 bits per heavy atom. The lowest BCUT2D eigenvalue weighted by atomic mass is 9.91. The third kappa shape index (κ3) is 13.0. The van der Waals surface area contributed by atoms with Crippen molar-refractivity contribution in [1.82, 2.24) is 10.3 Å². The smallest absolute Gasteiger partial charge is 0.326 e. The number of rotatable bonds is 7. The first-order valence-electron chi connectivity index (χ1n) is 8.74. The van der Waals surface area contributed by atoms with Crippen LogP contribution in [0.25, 0.3) is 0 Å². The number of nitrogens with zero attached hydrogens (tertiary/aromatic N) is 3. The number of guanidine groups is 1. The third-order valence-corrected chi connectivity index (χ3v) is 3.91. The van der Waals surface area contributed by atoms with Crippen molar-refractivity contribution >= 4 is 42.7 Å². The molecule has 0 aliphatic carbocycles. The summed E-state index contributed by atoms with van der Waals surface area (Å²) in [6.07, 6.45) is 1.85. The molecule has 0 aromatic heterocycles. The van der Waals surface area contributed by atoms with Crippen molar-refractivity contribution in [3.8, 4) is 0 Å². The standard InChI is InChI=1S/C13H24N6O5.C2H6O.2ClH/c1-8-4-6-18(10(7-8)12(21)22)11(20)9(14)3-2-5-16-13(15)17-19(23)24;1-2-3;;/h8-10H,2-7,14H2,1H3,(H,21,22)(H3,15,16,17);3H,2H2,1H3;2*1H/t8-,9?,10-;;;/m1.../s1. The lowest BCUT2D eigenvalue weighted by molar-refractivity contribution is -0.525. The average Bonchev–Trinajstić information content (AvgIpc) is 2.57. The molecule has 1 rings (SSSR count). The number of hydrogen-bond donors (Lipinski definition) is 5. The summed E-state index contributed by atoms with van der Waals surface area (Å²) in [5, 5.41) is 26.2. The van der Waals surface area contributed by atoms with Crippen LogP contribution < -0.4 is 16.9 Å². The van der Waals surface area contributed by atoms with Gasteiger partial charge in [-0.2, -0.15) is 0 Å². The molecule has 3 atom stereocenters. The van der Waals surface area contributed by atoms with Crippen LogP contribution in [0.3, 0.4) is 0 Å². The number of nitro groups is 1. The molecule has 0 spiro atoms. The van der Waals surface area contributed by atoms with E-state index in [9.17, 15) is 24.8 Å². The summed E-state index contributed by atoms with van der Waals surface area (Å²) in [5.74, 6) is -1.49. The van der Waals surface area contributed by atoms with Gasteiger partial charge in [0.2, 0.25) is 5.91 Å². The van der Waals surface area contributed by atoms with Gasteiger partial charge in [0.05, 0.1) is 6.04 Å². The predicted molar refractivity (Wildman–Crippen MR) is 113 cm³/mol. The molecule has 1 amide bonds. The van der Waals surface area contributed by atoms with E-state index in [0.717, 1.165) is 6.42 Å². The fraction of sp³-hybridized carbons (Fsp3) is 0.800. The zero-order chi connectivity index (χ0) is 21.0. The highest BCUT2D eigenvalue weighted by Gasteiger charge is 2.36. The van der Waals surface area contributed by atoms with Crippen molar-refractivity contribution in [2.45, 2.75) is 51.6 Å². The largest absolute Gasteiger partial charge is 0.480 e. The SMILES string of the molecule is CCO.C[C@@H]1CCN(C(=O)C(N)CCCN=C(N)N[N+](=O)[O-])[C@@H](C(=O)O)C1.Cl.Cl. The first kappa shape index (κ1) is 31.8. The zero-order valence-corrected chi connectivity index (χ0v) is 18.2. The van der Waals surface area contributed by atoms with E-state index in [2.05, 4.69) is 4.99 Å². The van der Waals surface area contributed by atoms with Crippen LogP contribution in [-0.2, 0) is 9.59 Å². The summed E-state index contributed by atoms with van der Waals surface area (Å²) in [6.45, 7) is 4.44. The quantitative estimate of drug-likeness (QED) is 0.111. The van der Waals surface area contributed by atoms with Crippen LogP contribution in [0, 0.1) is 16.0 Å². The minimum Gasteiger partial charge on any atom is -0.480 e. The van der Waals surface area contributed by atoms with Gasteiger partial charge in [0.25, 0.3) is 5.96 Å². The van der Waals surface area contributed by atoms with E-state index in [-0.39, 0.29) is 56.3 Å². The number of aliphatic carboxylic acids is 1. The van der Waals surface area contributed by atoms with Gasteiger partial charge >= 0.3 is 5.97 Å². The van der Waals surface area contributed by atoms with Crippen LogP contribution in [-0.4, -0.2) is 69.8 Å². The molecule has 1 aliphatic heterocycles. The molecule has 1 saturated heterocycles. The number of likely N-dealkylation sites (tertiary alicyclic amines) is 1. The topological polar surface area (TPSA) is 197 Å². The summed E-state index contributed by atoms with van der Waals surface area (Å²) in [7, 11) is 0. The van der Waals surface area contributed by atoms with Gasteiger partial charge in [0.15, 0.2) is 5.03 Å². The van der Waals surface area contributed by atoms with Crippen LogP contribution >= 0.6 is 24.8 Å². The highest BCUT2D eigenvalue weighted by Crippen LogP contribution is 2.23. The maximum Gasteiger partial charge on any atom is 0.326 e. The first-order valence-corrected chi connectivity index (χ1v) is 8.74. The molecule has 0 saturated carbocycles. The van der Waals surface area contributed by atoms with Crippen LogP contribution in [0.2, 0.25) is 0 Å². The van der Waals surface area contributed by atoms with Gasteiger partial charge in [-0.25, -0.2) is 19.9 Å². The molecular formula is C15H32Cl2N6O6. The molecule has 12 nitrogen and oxygen atoms in total. The predicted octanol–water partition coefficient (Wildman–Crippen LogP) is -0.256. The molecule has 7 N–H and O–H groups in total. The number of aliphatic hydroxyl groups is 1. The van der Waals surface area contributed by atoms with E-state index >= 15 is 0 Å². The second-order valence-electron chi connectivity index (χ2n) is 6.22. The van der Waals surface area contributed by atoms with Gasteiger partial charge in [-0.1, -0.05) is 12.3 Å². The summed E-state index contributed by atoms with van der Waals surface area (Å²) >= 11 is 0. The highest BCUT2D eigenvalue weighted by molar-refractivity contribution is 5.87. The Hall–Kier alpha value is -1.89. The molecule has 172 valence electrons. The van der Waals surface area contributed by atoms with Crippen molar-refractivity contribution in [3.63, 3.8) is 0 Å². The number of nitrogens with one attached hydrogen (secondary N) is 1. The Kier molecular flexibility index (Phi) is 18.6. The summed E-state index contributed by atoms with van der Waals surface area (Å²) in [6, 6.07) is -1.68. The van der Waals surface area contributed by atoms with E-state index in [1.54, 1.807) is 12.3 Å². The Morgan fingerprint density at radius 1 is 1.41 bits per heavy atom. The summed E-state index contributed by atoms with van der Waals surface area (Å²) in [4.78, 5) is 38.9. The second kappa shape index (κ2) is 17.0. The third-order valence-electron chi connectivity index (χ3n) is 3.91. The number of nitrogens with two attached hydrogens (primary N) is 2. The molecule has 29 heavy (non-hydrogen) atoms. The van der Waals surface area contributed by atoms with Crippen molar-refractivity contribution in [2.24, 2.45) is 22.4 Å². The molecule has 0 radical (unpaired) electrons. The van der Waals surface area contributed by atoms with Crippen LogP contribution in [0.15, 0.2) is 4.99 Å². The number of halogens is 2. The molecule has 1 fully saturated rings.